The van der Waals surface area contributed by atoms with Crippen LogP contribution in [0, 0.1) is 0 Å². The van der Waals surface area contributed by atoms with Gasteiger partial charge in [-0.25, -0.2) is 0 Å². The third-order valence-corrected chi connectivity index (χ3v) is 4.61. The fraction of sp³-hybridized carbons (Fsp3) is 0.278. The van der Waals surface area contributed by atoms with Crippen LogP contribution >= 0.6 is 0 Å². The molecule has 23 heavy (non-hydrogen) atoms. The minimum Gasteiger partial charge on any atom is -0.507 e. The molecule has 4 rings (SSSR count). The van der Waals surface area contributed by atoms with Crippen LogP contribution in [0.2, 0.25) is 0 Å². The number of para-hydroxylation sites is 1. The highest BCUT2D eigenvalue weighted by Crippen LogP contribution is 2.35. The molecule has 1 aliphatic heterocycles. The third kappa shape index (κ3) is 1.96. The Balaban J connectivity index is 2.17. The Morgan fingerprint density at radius 1 is 1.09 bits per heavy atom. The van der Waals surface area contributed by atoms with E-state index in [9.17, 15) is 9.90 Å². The Kier molecular flexibility index (Phi) is 3.15. The van der Waals surface area contributed by atoms with Gasteiger partial charge in [0.05, 0.1) is 11.0 Å². The number of phenolic OH excluding ortho intramolecular Hbond substituents is 1. The summed E-state index contributed by atoms with van der Waals surface area (Å²) in [7, 11) is 1.59. The van der Waals surface area contributed by atoms with Crippen molar-refractivity contribution in [1.82, 2.24) is 9.99 Å². The minimum atomic E-state index is -0.267. The van der Waals surface area contributed by atoms with E-state index >= 15 is 0 Å². The predicted molar refractivity (Wildman–Crippen MR) is 91.7 cm³/mol. The van der Waals surface area contributed by atoms with E-state index in [1.54, 1.807) is 13.1 Å². The van der Waals surface area contributed by atoms with Crippen molar-refractivity contribution in [2.24, 2.45) is 0 Å². The molecule has 1 amide bonds. The molecule has 0 bridgehead atoms. The van der Waals surface area contributed by atoms with Gasteiger partial charge in [-0.3, -0.25) is 9.47 Å². The smallest absolute Gasteiger partial charge is 0.257 e. The van der Waals surface area contributed by atoms with Crippen molar-refractivity contribution >= 4 is 27.7 Å². The number of hydrogen-bond acceptors (Lipinski definition) is 3. The van der Waals surface area contributed by atoms with Gasteiger partial charge in [-0.05, 0) is 31.0 Å². The lowest BCUT2D eigenvalue weighted by Crippen LogP contribution is -2.31. The molecule has 3 aromatic rings. The van der Waals surface area contributed by atoms with Crippen molar-refractivity contribution < 1.29 is 9.90 Å². The van der Waals surface area contributed by atoms with Crippen LogP contribution in [-0.4, -0.2) is 35.8 Å². The van der Waals surface area contributed by atoms with Gasteiger partial charge in [0.2, 0.25) is 0 Å². The number of fused-ring (bicyclic) bond motifs is 3. The zero-order chi connectivity index (χ0) is 16.0. The van der Waals surface area contributed by atoms with Gasteiger partial charge in [-0.15, -0.1) is 0 Å². The van der Waals surface area contributed by atoms with Crippen molar-refractivity contribution in [1.29, 1.82) is 0 Å². The van der Waals surface area contributed by atoms with E-state index in [4.69, 9.17) is 0 Å². The molecule has 118 valence electrons. The first kappa shape index (κ1) is 13.9. The molecule has 0 saturated carbocycles. The predicted octanol–water partition coefficient (Wildman–Crippen LogP) is 2.59. The molecular formula is C18H19N3O2. The molecule has 2 aromatic carbocycles. The summed E-state index contributed by atoms with van der Waals surface area (Å²) in [5.74, 6) is -0.253. The highest BCUT2D eigenvalue weighted by Gasteiger charge is 2.24. The number of rotatable bonds is 2. The van der Waals surface area contributed by atoms with E-state index in [1.807, 2.05) is 18.2 Å². The van der Waals surface area contributed by atoms with Crippen molar-refractivity contribution in [3.05, 3.63) is 42.0 Å². The van der Waals surface area contributed by atoms with Crippen molar-refractivity contribution in [3.63, 3.8) is 0 Å². The number of aromatic hydroxyl groups is 1. The van der Waals surface area contributed by atoms with Crippen LogP contribution in [0.3, 0.4) is 0 Å². The van der Waals surface area contributed by atoms with E-state index in [2.05, 4.69) is 27.1 Å². The lowest BCUT2D eigenvalue weighted by atomic mass is 10.1. The largest absolute Gasteiger partial charge is 0.507 e. The molecule has 2 heterocycles. The van der Waals surface area contributed by atoms with Gasteiger partial charge in [0, 0.05) is 30.9 Å². The second-order valence-electron chi connectivity index (χ2n) is 5.92. The molecule has 1 saturated heterocycles. The minimum absolute atomic E-state index is 0.0140. The van der Waals surface area contributed by atoms with Gasteiger partial charge in [0.1, 0.15) is 11.3 Å². The molecule has 1 fully saturated rings. The molecule has 0 atom stereocenters. The Hall–Kier alpha value is -2.69. The van der Waals surface area contributed by atoms with Crippen LogP contribution in [0.15, 0.2) is 36.4 Å². The number of hydrogen-bond donors (Lipinski definition) is 2. The molecule has 0 radical (unpaired) electrons. The molecule has 0 aliphatic carbocycles. The topological polar surface area (TPSA) is 57.5 Å². The number of nitrogens with zero attached hydrogens (tertiary/aromatic N) is 2. The maximum Gasteiger partial charge on any atom is 0.257 e. The molecule has 2 N–H and O–H groups in total. The van der Waals surface area contributed by atoms with E-state index in [0.29, 0.717) is 5.56 Å². The molecule has 0 unspecified atom stereocenters. The van der Waals surface area contributed by atoms with Gasteiger partial charge in [0.15, 0.2) is 0 Å². The molecule has 5 heteroatoms. The summed E-state index contributed by atoms with van der Waals surface area (Å²) in [6.07, 6.45) is 2.28. The summed E-state index contributed by atoms with van der Waals surface area (Å²) in [5, 5.41) is 17.3. The number of carbonyl (C=O) groups is 1. The van der Waals surface area contributed by atoms with Crippen LogP contribution < -0.4 is 10.3 Å². The molecular weight excluding hydrogens is 290 g/mol. The number of carbonyl (C=O) groups excluding carboxylic acids is 1. The summed E-state index contributed by atoms with van der Waals surface area (Å²) in [6.45, 7) is 1.91. The van der Waals surface area contributed by atoms with E-state index in [1.165, 1.54) is 0 Å². The normalized spacial score (nSPS) is 14.7. The number of phenols is 1. The van der Waals surface area contributed by atoms with Gasteiger partial charge in [-0.2, -0.15) is 0 Å². The van der Waals surface area contributed by atoms with Crippen LogP contribution in [-0.2, 0) is 0 Å². The van der Waals surface area contributed by atoms with Crippen molar-refractivity contribution in [2.75, 3.05) is 25.1 Å². The van der Waals surface area contributed by atoms with Gasteiger partial charge in [0.25, 0.3) is 5.91 Å². The summed E-state index contributed by atoms with van der Waals surface area (Å²) in [5.41, 5.74) is 2.20. The van der Waals surface area contributed by atoms with E-state index in [0.717, 1.165) is 47.7 Å². The Morgan fingerprint density at radius 3 is 2.57 bits per heavy atom. The lowest BCUT2D eigenvalue weighted by Gasteiger charge is -2.23. The second-order valence-corrected chi connectivity index (χ2v) is 5.92. The number of nitrogens with one attached hydrogen (secondary N) is 1. The SMILES string of the molecule is CNC(=O)c1c(O)ccc2c3ccccc3n(N3CCCC3)c12. The van der Waals surface area contributed by atoms with Crippen LogP contribution in [0.25, 0.3) is 21.8 Å². The fourth-order valence-corrected chi connectivity index (χ4v) is 3.57. The van der Waals surface area contributed by atoms with E-state index in [-0.39, 0.29) is 11.7 Å². The van der Waals surface area contributed by atoms with Gasteiger partial charge >= 0.3 is 0 Å². The Morgan fingerprint density at radius 2 is 1.83 bits per heavy atom. The number of aromatic nitrogens is 1. The highest BCUT2D eigenvalue weighted by atomic mass is 16.3. The van der Waals surface area contributed by atoms with Crippen LogP contribution in [0.1, 0.15) is 23.2 Å². The molecule has 0 spiro atoms. The monoisotopic (exact) mass is 309 g/mol. The Labute approximate surface area is 134 Å². The first-order valence-corrected chi connectivity index (χ1v) is 7.95. The standard InChI is InChI=1S/C18H19N3O2/c1-19-18(23)16-15(22)9-8-13-12-6-2-3-7-14(12)21(17(13)16)20-10-4-5-11-20/h2-3,6-9,22H,4-5,10-11H2,1H3,(H,19,23). The highest BCUT2D eigenvalue weighted by molar-refractivity contribution is 6.17. The lowest BCUT2D eigenvalue weighted by molar-refractivity contribution is 0.0962. The second kappa shape index (κ2) is 5.19. The van der Waals surface area contributed by atoms with E-state index < -0.39 is 0 Å². The van der Waals surface area contributed by atoms with Crippen LogP contribution in [0.5, 0.6) is 5.75 Å². The van der Waals surface area contributed by atoms with Gasteiger partial charge < -0.3 is 15.4 Å². The zero-order valence-electron chi connectivity index (χ0n) is 13.0. The maximum absolute atomic E-state index is 12.4. The third-order valence-electron chi connectivity index (χ3n) is 4.61. The molecule has 1 aromatic heterocycles. The average Bonchev–Trinajstić information content (AvgIpc) is 3.19. The Bertz CT molecular complexity index is 907. The summed E-state index contributed by atoms with van der Waals surface area (Å²) < 4.78 is 2.11. The van der Waals surface area contributed by atoms with Crippen molar-refractivity contribution in [3.8, 4) is 5.75 Å². The van der Waals surface area contributed by atoms with Gasteiger partial charge in [-0.1, -0.05) is 18.2 Å². The number of benzene rings is 2. The summed E-state index contributed by atoms with van der Waals surface area (Å²) in [6, 6.07) is 11.6. The number of amides is 1. The molecule has 1 aliphatic rings. The summed E-state index contributed by atoms with van der Waals surface area (Å²) in [4.78, 5) is 12.4. The first-order chi connectivity index (χ1) is 11.2. The average molecular weight is 309 g/mol. The maximum atomic E-state index is 12.4. The molecule has 5 nitrogen and oxygen atoms in total. The van der Waals surface area contributed by atoms with Crippen molar-refractivity contribution in [2.45, 2.75) is 12.8 Å². The summed E-state index contributed by atoms with van der Waals surface area (Å²) >= 11 is 0. The zero-order valence-corrected chi connectivity index (χ0v) is 13.0. The first-order valence-electron chi connectivity index (χ1n) is 7.95. The fourth-order valence-electron chi connectivity index (χ4n) is 3.57. The van der Waals surface area contributed by atoms with Crippen LogP contribution in [0.4, 0.5) is 0 Å². The quantitative estimate of drug-likeness (QED) is 0.765.